The van der Waals surface area contributed by atoms with Crippen LogP contribution in [0.25, 0.3) is 0 Å². The van der Waals surface area contributed by atoms with Gasteiger partial charge in [-0.05, 0) is 36.5 Å². The van der Waals surface area contributed by atoms with Gasteiger partial charge in [0.25, 0.3) is 0 Å². The number of aromatic carboxylic acids is 1. The number of hydrogen-bond acceptors (Lipinski definition) is 2. The molecule has 0 aliphatic heterocycles. The molecule has 0 aliphatic rings. The molecule has 0 bridgehead atoms. The van der Waals surface area contributed by atoms with Crippen LogP contribution in [0.4, 0.5) is 0 Å². The van der Waals surface area contributed by atoms with Crippen molar-refractivity contribution in [2.24, 2.45) is 5.92 Å². The van der Waals surface area contributed by atoms with Crippen molar-refractivity contribution in [3.05, 3.63) is 29.3 Å². The zero-order valence-electron chi connectivity index (χ0n) is 9.99. The minimum atomic E-state index is -0.952. The summed E-state index contributed by atoms with van der Waals surface area (Å²) in [5.41, 5.74) is 1.34. The molecule has 0 aliphatic carbocycles. The molecule has 0 fully saturated rings. The van der Waals surface area contributed by atoms with Crippen molar-refractivity contribution >= 4 is 5.97 Å². The average molecular weight is 222 g/mol. The van der Waals surface area contributed by atoms with Crippen molar-refractivity contribution in [2.45, 2.75) is 26.7 Å². The Bertz CT molecular complexity index is 369. The van der Waals surface area contributed by atoms with E-state index in [1.165, 1.54) is 7.11 Å². The predicted octanol–water partition coefficient (Wildman–Crippen LogP) is 2.98. The molecule has 0 heterocycles. The molecule has 3 heteroatoms. The van der Waals surface area contributed by atoms with E-state index in [4.69, 9.17) is 9.84 Å². The lowest BCUT2D eigenvalue weighted by Crippen LogP contribution is -2.01. The van der Waals surface area contributed by atoms with Crippen LogP contribution in [0, 0.1) is 5.92 Å². The van der Waals surface area contributed by atoms with Gasteiger partial charge in [-0.3, -0.25) is 0 Å². The molecule has 0 aromatic heterocycles. The van der Waals surface area contributed by atoms with Gasteiger partial charge in [0.15, 0.2) is 0 Å². The zero-order valence-corrected chi connectivity index (χ0v) is 9.99. The summed E-state index contributed by atoms with van der Waals surface area (Å²) in [4.78, 5) is 10.9. The Kier molecular flexibility index (Phi) is 4.35. The summed E-state index contributed by atoms with van der Waals surface area (Å²) < 4.78 is 5.07. The van der Waals surface area contributed by atoms with E-state index in [1.54, 1.807) is 6.07 Å². The van der Waals surface area contributed by atoms with Crippen LogP contribution in [0.3, 0.4) is 0 Å². The highest BCUT2D eigenvalue weighted by Gasteiger charge is 2.11. The highest BCUT2D eigenvalue weighted by atomic mass is 16.5. The molecule has 1 N–H and O–H groups in total. The molecule has 16 heavy (non-hydrogen) atoms. The third kappa shape index (κ3) is 3.26. The SMILES string of the molecule is COc1cc(CCC(C)C)ccc1C(=O)O. The smallest absolute Gasteiger partial charge is 0.339 e. The normalized spacial score (nSPS) is 10.5. The molecule has 0 spiro atoms. The fraction of sp³-hybridized carbons (Fsp3) is 0.462. The molecule has 1 aromatic carbocycles. The van der Waals surface area contributed by atoms with Gasteiger partial charge in [0.05, 0.1) is 7.11 Å². The number of carbonyl (C=O) groups is 1. The summed E-state index contributed by atoms with van der Waals surface area (Å²) in [6, 6.07) is 5.27. The number of hydrogen-bond donors (Lipinski definition) is 1. The van der Waals surface area contributed by atoms with Crippen LogP contribution in [-0.4, -0.2) is 18.2 Å². The monoisotopic (exact) mass is 222 g/mol. The Morgan fingerprint density at radius 2 is 2.12 bits per heavy atom. The van der Waals surface area contributed by atoms with Crippen molar-refractivity contribution in [2.75, 3.05) is 7.11 Å². The van der Waals surface area contributed by atoms with Crippen LogP contribution >= 0.6 is 0 Å². The maximum absolute atomic E-state index is 10.9. The summed E-state index contributed by atoms with van der Waals surface area (Å²) in [5, 5.41) is 8.93. The van der Waals surface area contributed by atoms with Crippen LogP contribution in [-0.2, 0) is 6.42 Å². The van der Waals surface area contributed by atoms with Crippen molar-refractivity contribution in [3.8, 4) is 5.75 Å². The van der Waals surface area contributed by atoms with Crippen LogP contribution in [0.5, 0.6) is 5.75 Å². The predicted molar refractivity (Wildman–Crippen MR) is 63.1 cm³/mol. The van der Waals surface area contributed by atoms with Crippen LogP contribution in [0.15, 0.2) is 18.2 Å². The average Bonchev–Trinajstić information content (AvgIpc) is 2.25. The molecule has 0 saturated carbocycles. The minimum absolute atomic E-state index is 0.218. The lowest BCUT2D eigenvalue weighted by molar-refractivity contribution is 0.0693. The van der Waals surface area contributed by atoms with E-state index in [1.807, 2.05) is 12.1 Å². The van der Waals surface area contributed by atoms with Crippen molar-refractivity contribution < 1.29 is 14.6 Å². The molecule has 0 unspecified atom stereocenters. The highest BCUT2D eigenvalue weighted by Crippen LogP contribution is 2.21. The first-order valence-electron chi connectivity index (χ1n) is 5.44. The number of ether oxygens (including phenoxy) is 1. The molecule has 0 atom stereocenters. The van der Waals surface area contributed by atoms with E-state index in [0.717, 1.165) is 18.4 Å². The first kappa shape index (κ1) is 12.6. The van der Waals surface area contributed by atoms with Crippen molar-refractivity contribution in [1.29, 1.82) is 0 Å². The standard InChI is InChI=1S/C13H18O3/c1-9(2)4-5-10-6-7-11(13(14)15)12(8-10)16-3/h6-9H,4-5H2,1-3H3,(H,14,15). The Balaban J connectivity index is 2.86. The van der Waals surface area contributed by atoms with E-state index >= 15 is 0 Å². The molecule has 3 nitrogen and oxygen atoms in total. The van der Waals surface area contributed by atoms with Gasteiger partial charge >= 0.3 is 5.97 Å². The Morgan fingerprint density at radius 3 is 2.62 bits per heavy atom. The van der Waals surface area contributed by atoms with Gasteiger partial charge in [0.1, 0.15) is 11.3 Å². The summed E-state index contributed by atoms with van der Waals surface area (Å²) in [6.45, 7) is 4.34. The molecule has 0 radical (unpaired) electrons. The Morgan fingerprint density at radius 1 is 1.44 bits per heavy atom. The third-order valence-electron chi connectivity index (χ3n) is 2.51. The summed E-state index contributed by atoms with van der Waals surface area (Å²) in [5.74, 6) is 0.131. The van der Waals surface area contributed by atoms with Gasteiger partial charge in [-0.1, -0.05) is 19.9 Å². The van der Waals surface area contributed by atoms with Gasteiger partial charge in [-0.25, -0.2) is 4.79 Å². The topological polar surface area (TPSA) is 46.5 Å². The maximum atomic E-state index is 10.9. The second-order valence-corrected chi connectivity index (χ2v) is 4.27. The second kappa shape index (κ2) is 5.54. The Hall–Kier alpha value is -1.51. The zero-order chi connectivity index (χ0) is 12.1. The summed E-state index contributed by atoms with van der Waals surface area (Å²) in [7, 11) is 1.49. The maximum Gasteiger partial charge on any atom is 0.339 e. The molecule has 0 amide bonds. The van der Waals surface area contributed by atoms with Crippen LogP contribution in [0.2, 0.25) is 0 Å². The van der Waals surface area contributed by atoms with E-state index in [9.17, 15) is 4.79 Å². The number of benzene rings is 1. The molecular formula is C13H18O3. The largest absolute Gasteiger partial charge is 0.496 e. The molecule has 88 valence electrons. The van der Waals surface area contributed by atoms with E-state index in [-0.39, 0.29) is 5.56 Å². The second-order valence-electron chi connectivity index (χ2n) is 4.27. The first-order chi connectivity index (χ1) is 7.54. The molecule has 0 saturated heterocycles. The van der Waals surface area contributed by atoms with Gasteiger partial charge < -0.3 is 9.84 Å². The van der Waals surface area contributed by atoms with Crippen molar-refractivity contribution in [3.63, 3.8) is 0 Å². The first-order valence-corrected chi connectivity index (χ1v) is 5.44. The van der Waals surface area contributed by atoms with Crippen LogP contribution < -0.4 is 4.74 Å². The number of methoxy groups -OCH3 is 1. The van der Waals surface area contributed by atoms with Gasteiger partial charge in [-0.15, -0.1) is 0 Å². The van der Waals surface area contributed by atoms with Gasteiger partial charge in [0.2, 0.25) is 0 Å². The van der Waals surface area contributed by atoms with E-state index in [0.29, 0.717) is 11.7 Å². The molecular weight excluding hydrogens is 204 g/mol. The fourth-order valence-electron chi connectivity index (χ4n) is 1.52. The number of carboxylic acid groups (broad SMARTS) is 1. The number of rotatable bonds is 5. The van der Waals surface area contributed by atoms with Crippen LogP contribution in [0.1, 0.15) is 36.2 Å². The highest BCUT2D eigenvalue weighted by molar-refractivity contribution is 5.90. The lowest BCUT2D eigenvalue weighted by Gasteiger charge is -2.09. The van der Waals surface area contributed by atoms with E-state index < -0.39 is 5.97 Å². The summed E-state index contributed by atoms with van der Waals surface area (Å²) >= 11 is 0. The lowest BCUT2D eigenvalue weighted by atomic mass is 10.0. The van der Waals surface area contributed by atoms with Gasteiger partial charge in [0, 0.05) is 0 Å². The molecule has 1 rings (SSSR count). The third-order valence-corrected chi connectivity index (χ3v) is 2.51. The minimum Gasteiger partial charge on any atom is -0.496 e. The fourth-order valence-corrected chi connectivity index (χ4v) is 1.52. The van der Waals surface area contributed by atoms with Gasteiger partial charge in [-0.2, -0.15) is 0 Å². The quantitative estimate of drug-likeness (QED) is 0.833. The Labute approximate surface area is 96.1 Å². The van der Waals surface area contributed by atoms with Crippen molar-refractivity contribution in [1.82, 2.24) is 0 Å². The number of aryl methyl sites for hydroxylation is 1. The number of carboxylic acids is 1. The summed E-state index contributed by atoms with van der Waals surface area (Å²) in [6.07, 6.45) is 2.05. The molecule has 1 aromatic rings. The van der Waals surface area contributed by atoms with E-state index in [2.05, 4.69) is 13.8 Å².